The highest BCUT2D eigenvalue weighted by molar-refractivity contribution is 6.30. The highest BCUT2D eigenvalue weighted by Crippen LogP contribution is 2.46. The summed E-state index contributed by atoms with van der Waals surface area (Å²) in [6, 6.07) is 17.4. The van der Waals surface area contributed by atoms with Crippen LogP contribution in [0.1, 0.15) is 42.7 Å². The Hall–Kier alpha value is -2.72. The lowest BCUT2D eigenvalue weighted by molar-refractivity contribution is -0.143. The van der Waals surface area contributed by atoms with Gasteiger partial charge in [-0.2, -0.15) is 0 Å². The number of methoxy groups -OCH3 is 1. The van der Waals surface area contributed by atoms with Gasteiger partial charge in [0.1, 0.15) is 5.92 Å². The maximum atomic E-state index is 13.3. The van der Waals surface area contributed by atoms with E-state index in [0.717, 1.165) is 16.8 Å². The smallest absolute Gasteiger partial charge is 0.315 e. The Morgan fingerprint density at radius 1 is 1.03 bits per heavy atom. The Morgan fingerprint density at radius 3 is 2.38 bits per heavy atom. The third-order valence-corrected chi connectivity index (χ3v) is 6.10. The Morgan fingerprint density at radius 2 is 1.72 bits per heavy atom. The van der Waals surface area contributed by atoms with E-state index >= 15 is 0 Å². The second-order valence-corrected chi connectivity index (χ2v) is 8.02. The van der Waals surface area contributed by atoms with Crippen molar-refractivity contribution < 1.29 is 14.3 Å². The molecule has 0 bridgehead atoms. The van der Waals surface area contributed by atoms with Crippen molar-refractivity contribution in [1.29, 1.82) is 0 Å². The van der Waals surface area contributed by atoms with E-state index in [1.165, 1.54) is 7.11 Å². The van der Waals surface area contributed by atoms with E-state index in [2.05, 4.69) is 12.1 Å². The van der Waals surface area contributed by atoms with Crippen molar-refractivity contribution in [3.05, 3.63) is 82.0 Å². The number of esters is 1. The number of allylic oxidation sites excluding steroid dienone is 2. The van der Waals surface area contributed by atoms with Gasteiger partial charge in [-0.25, -0.2) is 0 Å². The maximum absolute atomic E-state index is 13.3. The molecule has 0 spiro atoms. The van der Waals surface area contributed by atoms with Crippen molar-refractivity contribution in [3.8, 4) is 0 Å². The fraction of sp³-hybridized carbons (Fsp3) is 0.292. The third kappa shape index (κ3) is 3.65. The number of hydrogen-bond donors (Lipinski definition) is 0. The summed E-state index contributed by atoms with van der Waals surface area (Å²) >= 11 is 6.06. The van der Waals surface area contributed by atoms with Crippen LogP contribution in [0.15, 0.2) is 70.9 Å². The van der Waals surface area contributed by atoms with Crippen LogP contribution < -0.4 is 0 Å². The summed E-state index contributed by atoms with van der Waals surface area (Å²) in [4.78, 5) is 30.7. The molecule has 1 aliphatic heterocycles. The number of hydrogen-bond acceptors (Lipinski definition) is 4. The van der Waals surface area contributed by atoms with Gasteiger partial charge in [-0.05, 0) is 42.5 Å². The first-order chi connectivity index (χ1) is 14.0. The average Bonchev–Trinajstić information content (AvgIpc) is 2.73. The molecule has 1 heterocycles. The van der Waals surface area contributed by atoms with Gasteiger partial charge in [-0.1, -0.05) is 54.1 Å². The molecule has 0 aromatic heterocycles. The van der Waals surface area contributed by atoms with Gasteiger partial charge in [-0.15, -0.1) is 0 Å². The Labute approximate surface area is 175 Å². The summed E-state index contributed by atoms with van der Waals surface area (Å²) in [5.74, 6) is -1.26. The molecule has 2 aromatic rings. The predicted octanol–water partition coefficient (Wildman–Crippen LogP) is 5.09. The van der Waals surface area contributed by atoms with E-state index in [-0.39, 0.29) is 17.7 Å². The van der Waals surface area contributed by atoms with Crippen molar-refractivity contribution in [2.24, 2.45) is 10.9 Å². The zero-order valence-corrected chi connectivity index (χ0v) is 17.1. The summed E-state index contributed by atoms with van der Waals surface area (Å²) in [6.45, 7) is 1.84. The van der Waals surface area contributed by atoms with E-state index in [1.807, 2.05) is 37.3 Å². The maximum Gasteiger partial charge on any atom is 0.315 e. The zero-order valence-electron chi connectivity index (χ0n) is 16.4. The predicted molar refractivity (Wildman–Crippen MR) is 113 cm³/mol. The average molecular weight is 408 g/mol. The van der Waals surface area contributed by atoms with E-state index in [4.69, 9.17) is 21.3 Å². The molecular formula is C24H22ClNO3. The molecule has 0 saturated heterocycles. The Bertz CT molecular complexity index is 1010. The van der Waals surface area contributed by atoms with Crippen LogP contribution in [0.4, 0.5) is 0 Å². The molecule has 1 unspecified atom stereocenters. The van der Waals surface area contributed by atoms with Gasteiger partial charge in [0.05, 0.1) is 7.11 Å². The lowest BCUT2D eigenvalue weighted by Crippen LogP contribution is -2.37. The number of carbonyl (C=O) groups excluding carboxylic acids is 2. The van der Waals surface area contributed by atoms with E-state index in [9.17, 15) is 9.59 Å². The highest BCUT2D eigenvalue weighted by atomic mass is 35.5. The van der Waals surface area contributed by atoms with Crippen LogP contribution in [0.25, 0.3) is 0 Å². The van der Waals surface area contributed by atoms with Crippen LogP contribution in [-0.4, -0.2) is 24.6 Å². The molecule has 0 amide bonds. The second kappa shape index (κ2) is 7.96. The van der Waals surface area contributed by atoms with Crippen molar-refractivity contribution in [1.82, 2.24) is 0 Å². The normalized spacial score (nSPS) is 24.0. The number of rotatable bonds is 3. The molecule has 3 atom stereocenters. The highest BCUT2D eigenvalue weighted by Gasteiger charge is 2.44. The molecule has 0 saturated carbocycles. The van der Waals surface area contributed by atoms with Gasteiger partial charge in [0.2, 0.25) is 0 Å². The van der Waals surface area contributed by atoms with Crippen LogP contribution >= 0.6 is 11.6 Å². The van der Waals surface area contributed by atoms with Crippen LogP contribution in [0.3, 0.4) is 0 Å². The molecule has 29 heavy (non-hydrogen) atoms. The molecule has 148 valence electrons. The first-order valence-corrected chi connectivity index (χ1v) is 10.1. The zero-order chi connectivity index (χ0) is 20.5. The number of halogens is 1. The van der Waals surface area contributed by atoms with Crippen LogP contribution in [0.5, 0.6) is 0 Å². The molecule has 5 heteroatoms. The van der Waals surface area contributed by atoms with Crippen molar-refractivity contribution >= 4 is 29.1 Å². The standard InChI is InChI=1S/C24H22ClNO3/c1-14-21(24(28)29-2)22(16-8-10-18(25)11-9-16)23-19(26-14)12-17(13-20(23)27)15-6-4-3-5-7-15/h3-11,17,21-22H,12-13H2,1-2H3/t17-,21?,22+/m0/s1. The van der Waals surface area contributed by atoms with E-state index in [0.29, 0.717) is 29.1 Å². The van der Waals surface area contributed by atoms with E-state index < -0.39 is 11.8 Å². The van der Waals surface area contributed by atoms with E-state index in [1.54, 1.807) is 12.1 Å². The third-order valence-electron chi connectivity index (χ3n) is 5.84. The SMILES string of the molecule is COC(=O)C1C(C)=NC2=C(C(=O)C[C@@H](c3ccccc3)C2)[C@@H]1c1ccc(Cl)cc1. The summed E-state index contributed by atoms with van der Waals surface area (Å²) in [5, 5.41) is 0.609. The largest absolute Gasteiger partial charge is 0.468 e. The lowest BCUT2D eigenvalue weighted by atomic mass is 9.69. The fourth-order valence-electron chi connectivity index (χ4n) is 4.48. The molecule has 4 rings (SSSR count). The van der Waals surface area contributed by atoms with Gasteiger partial charge in [0.15, 0.2) is 5.78 Å². The molecule has 2 aromatic carbocycles. The lowest BCUT2D eigenvalue weighted by Gasteiger charge is -2.36. The first-order valence-electron chi connectivity index (χ1n) is 9.69. The molecule has 1 aliphatic carbocycles. The van der Waals surface area contributed by atoms with Gasteiger partial charge in [0.25, 0.3) is 0 Å². The van der Waals surface area contributed by atoms with Crippen molar-refractivity contribution in [2.45, 2.75) is 31.6 Å². The monoisotopic (exact) mass is 407 g/mol. The molecule has 0 N–H and O–H groups in total. The van der Waals surface area contributed by atoms with Crippen LogP contribution in [0, 0.1) is 5.92 Å². The number of ether oxygens (including phenoxy) is 1. The van der Waals surface area contributed by atoms with Gasteiger partial charge >= 0.3 is 5.97 Å². The summed E-state index contributed by atoms with van der Waals surface area (Å²) < 4.78 is 5.06. The summed E-state index contributed by atoms with van der Waals surface area (Å²) in [7, 11) is 1.37. The number of ketones is 1. The van der Waals surface area contributed by atoms with Crippen LogP contribution in [0.2, 0.25) is 5.02 Å². The van der Waals surface area contributed by atoms with Gasteiger partial charge < -0.3 is 4.74 Å². The Balaban J connectivity index is 1.81. The molecular weight excluding hydrogens is 386 g/mol. The number of Topliss-reactive ketones (excluding diaryl/α,β-unsaturated/α-hetero) is 1. The quantitative estimate of drug-likeness (QED) is 0.666. The Kier molecular flexibility index (Phi) is 5.37. The molecule has 4 nitrogen and oxygen atoms in total. The topological polar surface area (TPSA) is 55.7 Å². The minimum Gasteiger partial charge on any atom is -0.468 e. The van der Waals surface area contributed by atoms with Crippen molar-refractivity contribution in [2.75, 3.05) is 7.11 Å². The minimum atomic E-state index is -0.614. The van der Waals surface area contributed by atoms with Gasteiger partial charge in [0, 0.05) is 34.3 Å². The molecule has 0 fully saturated rings. The summed E-state index contributed by atoms with van der Waals surface area (Å²) in [6.07, 6.45) is 1.09. The van der Waals surface area contributed by atoms with Gasteiger partial charge in [-0.3, -0.25) is 14.6 Å². The summed E-state index contributed by atoms with van der Waals surface area (Å²) in [5.41, 5.74) is 4.11. The minimum absolute atomic E-state index is 0.0465. The van der Waals surface area contributed by atoms with Crippen LogP contribution in [-0.2, 0) is 14.3 Å². The number of carbonyl (C=O) groups is 2. The number of aliphatic imine (C=N–C) groups is 1. The molecule has 2 aliphatic rings. The second-order valence-electron chi connectivity index (χ2n) is 7.58. The molecule has 0 radical (unpaired) electrons. The number of benzene rings is 2. The fourth-order valence-corrected chi connectivity index (χ4v) is 4.61. The van der Waals surface area contributed by atoms with Crippen molar-refractivity contribution in [3.63, 3.8) is 0 Å². The number of nitrogens with zero attached hydrogens (tertiary/aromatic N) is 1. The first kappa shape index (κ1) is 19.6.